The highest BCUT2D eigenvalue weighted by Crippen LogP contribution is 1.67. The van der Waals surface area contributed by atoms with Crippen molar-refractivity contribution in [2.75, 3.05) is 13.6 Å². The van der Waals surface area contributed by atoms with Gasteiger partial charge in [0.05, 0.1) is 0 Å². The number of allylic oxidation sites excluding steroid dienone is 2. The largest absolute Gasteiger partial charge is 0.261 e. The summed E-state index contributed by atoms with van der Waals surface area (Å²) in [4.78, 5) is 0. The van der Waals surface area contributed by atoms with E-state index in [2.05, 4.69) is 17.4 Å². The molecule has 0 aliphatic carbocycles. The van der Waals surface area contributed by atoms with Crippen LogP contribution in [0.5, 0.6) is 0 Å². The summed E-state index contributed by atoms with van der Waals surface area (Å²) < 4.78 is 0. The van der Waals surface area contributed by atoms with Crippen molar-refractivity contribution >= 4 is 0 Å². The van der Waals surface area contributed by atoms with E-state index in [4.69, 9.17) is 0 Å². The number of rotatable bonds is 4. The second-order valence-corrected chi connectivity index (χ2v) is 1.29. The molecule has 2 N–H and O–H groups in total. The highest BCUT2D eigenvalue weighted by atomic mass is 15.3. The number of hydrogen-bond donors (Lipinski definition) is 2. The summed E-state index contributed by atoms with van der Waals surface area (Å²) in [6, 6.07) is 0. The molecule has 8 heavy (non-hydrogen) atoms. The molecular weight excluding hydrogens is 100 g/mol. The second kappa shape index (κ2) is 6.40. The van der Waals surface area contributed by atoms with Crippen molar-refractivity contribution in [3.05, 3.63) is 24.8 Å². The van der Waals surface area contributed by atoms with Crippen molar-refractivity contribution in [3.8, 4) is 0 Å². The van der Waals surface area contributed by atoms with Gasteiger partial charge in [-0.1, -0.05) is 24.8 Å². The Morgan fingerprint density at radius 3 is 2.88 bits per heavy atom. The Bertz CT molecular complexity index is 76.6. The molecule has 0 aromatic carbocycles. The molecule has 0 saturated carbocycles. The van der Waals surface area contributed by atoms with E-state index in [0.717, 1.165) is 6.54 Å². The van der Waals surface area contributed by atoms with Gasteiger partial charge in [-0.15, -0.1) is 0 Å². The minimum Gasteiger partial charge on any atom is -0.261 e. The predicted molar refractivity (Wildman–Crippen MR) is 36.4 cm³/mol. The van der Waals surface area contributed by atoms with E-state index in [1.807, 2.05) is 19.2 Å². The first-order chi connectivity index (χ1) is 3.91. The summed E-state index contributed by atoms with van der Waals surface area (Å²) in [5, 5.41) is 0. The molecule has 0 aromatic rings. The van der Waals surface area contributed by atoms with Gasteiger partial charge in [-0.05, 0) is 7.05 Å². The van der Waals surface area contributed by atoms with Gasteiger partial charge in [0.15, 0.2) is 0 Å². The number of nitrogens with one attached hydrogen (secondary N) is 2. The van der Waals surface area contributed by atoms with Crippen LogP contribution in [-0.2, 0) is 0 Å². The van der Waals surface area contributed by atoms with Gasteiger partial charge in [0.2, 0.25) is 0 Å². The standard InChI is InChI=1S/C6H12N2/c1-3-4-5-6-8-7-2/h3-5,7-8H,1,6H2,2H3/b5-4-. The Balaban J connectivity index is 2.91. The van der Waals surface area contributed by atoms with Crippen molar-refractivity contribution < 1.29 is 0 Å². The zero-order chi connectivity index (χ0) is 6.24. The van der Waals surface area contributed by atoms with Crippen LogP contribution in [0.3, 0.4) is 0 Å². The third-order valence-electron chi connectivity index (χ3n) is 0.669. The van der Waals surface area contributed by atoms with Crippen LogP contribution in [0, 0.1) is 0 Å². The van der Waals surface area contributed by atoms with Gasteiger partial charge >= 0.3 is 0 Å². The normalized spacial score (nSPS) is 10.1. The average Bonchev–Trinajstić information content (AvgIpc) is 1.81. The van der Waals surface area contributed by atoms with Gasteiger partial charge in [-0.25, -0.2) is 0 Å². The van der Waals surface area contributed by atoms with Crippen LogP contribution in [0.25, 0.3) is 0 Å². The SMILES string of the molecule is C=C/C=C\CNNC. The summed E-state index contributed by atoms with van der Waals surface area (Å²) in [6.07, 6.45) is 5.62. The molecule has 0 atom stereocenters. The van der Waals surface area contributed by atoms with Gasteiger partial charge in [0.25, 0.3) is 0 Å². The molecule has 0 radical (unpaired) electrons. The molecule has 0 bridgehead atoms. The van der Waals surface area contributed by atoms with E-state index in [1.165, 1.54) is 0 Å². The maximum Gasteiger partial charge on any atom is 0.0283 e. The lowest BCUT2D eigenvalue weighted by molar-refractivity contribution is 0.646. The molecule has 0 rings (SSSR count). The number of hydrazine groups is 1. The maximum absolute atomic E-state index is 3.52. The lowest BCUT2D eigenvalue weighted by Gasteiger charge is -1.92. The smallest absolute Gasteiger partial charge is 0.0283 e. The van der Waals surface area contributed by atoms with Crippen LogP contribution >= 0.6 is 0 Å². The fourth-order valence-electron chi connectivity index (χ4n) is 0.325. The van der Waals surface area contributed by atoms with E-state index in [0.29, 0.717) is 0 Å². The van der Waals surface area contributed by atoms with E-state index in [9.17, 15) is 0 Å². The Labute approximate surface area is 50.3 Å². The zero-order valence-electron chi connectivity index (χ0n) is 5.15. The van der Waals surface area contributed by atoms with Crippen molar-refractivity contribution in [2.45, 2.75) is 0 Å². The maximum atomic E-state index is 3.52. The lowest BCUT2D eigenvalue weighted by atomic mass is 10.5. The molecule has 0 heterocycles. The van der Waals surface area contributed by atoms with Crippen LogP contribution < -0.4 is 10.9 Å². The summed E-state index contributed by atoms with van der Waals surface area (Å²) in [5.41, 5.74) is 5.69. The molecule has 0 amide bonds. The number of hydrogen-bond acceptors (Lipinski definition) is 2. The molecule has 0 fully saturated rings. The van der Waals surface area contributed by atoms with Crippen LogP contribution in [0.2, 0.25) is 0 Å². The average molecular weight is 112 g/mol. The fraction of sp³-hybridized carbons (Fsp3) is 0.333. The first kappa shape index (κ1) is 7.40. The molecule has 0 unspecified atom stereocenters. The van der Waals surface area contributed by atoms with Crippen LogP contribution in [0.1, 0.15) is 0 Å². The molecular formula is C6H12N2. The minimum absolute atomic E-state index is 0.836. The van der Waals surface area contributed by atoms with Crippen molar-refractivity contribution in [3.63, 3.8) is 0 Å². The summed E-state index contributed by atoms with van der Waals surface area (Å²) >= 11 is 0. The molecule has 0 aliphatic heterocycles. The summed E-state index contributed by atoms with van der Waals surface area (Å²) in [6.45, 7) is 4.36. The highest BCUT2D eigenvalue weighted by molar-refractivity contribution is 4.97. The lowest BCUT2D eigenvalue weighted by Crippen LogP contribution is -2.27. The third kappa shape index (κ3) is 5.40. The van der Waals surface area contributed by atoms with Crippen LogP contribution in [-0.4, -0.2) is 13.6 Å². The van der Waals surface area contributed by atoms with Gasteiger partial charge in [0.1, 0.15) is 0 Å². The second-order valence-electron chi connectivity index (χ2n) is 1.29. The zero-order valence-corrected chi connectivity index (χ0v) is 5.15. The van der Waals surface area contributed by atoms with Crippen LogP contribution in [0.4, 0.5) is 0 Å². The first-order valence-corrected chi connectivity index (χ1v) is 2.59. The van der Waals surface area contributed by atoms with E-state index >= 15 is 0 Å². The monoisotopic (exact) mass is 112 g/mol. The predicted octanol–water partition coefficient (Wildman–Crippen LogP) is 0.453. The molecule has 0 saturated heterocycles. The third-order valence-corrected chi connectivity index (χ3v) is 0.669. The van der Waals surface area contributed by atoms with Gasteiger partial charge in [-0.3, -0.25) is 10.9 Å². The quantitative estimate of drug-likeness (QED) is 0.313. The molecule has 0 aromatic heterocycles. The molecule has 46 valence electrons. The first-order valence-electron chi connectivity index (χ1n) is 2.59. The topological polar surface area (TPSA) is 24.1 Å². The Morgan fingerprint density at radius 2 is 2.38 bits per heavy atom. The molecule has 2 nitrogen and oxygen atoms in total. The Hall–Kier alpha value is -0.600. The molecule has 2 heteroatoms. The van der Waals surface area contributed by atoms with Crippen molar-refractivity contribution in [1.82, 2.24) is 10.9 Å². The van der Waals surface area contributed by atoms with Gasteiger partial charge in [-0.2, -0.15) is 0 Å². The van der Waals surface area contributed by atoms with Gasteiger partial charge in [0, 0.05) is 6.54 Å². The van der Waals surface area contributed by atoms with Crippen molar-refractivity contribution in [2.24, 2.45) is 0 Å². The Morgan fingerprint density at radius 1 is 1.62 bits per heavy atom. The highest BCUT2D eigenvalue weighted by Gasteiger charge is 1.67. The van der Waals surface area contributed by atoms with Gasteiger partial charge < -0.3 is 0 Å². The summed E-state index contributed by atoms with van der Waals surface area (Å²) in [7, 11) is 1.84. The summed E-state index contributed by atoms with van der Waals surface area (Å²) in [5.74, 6) is 0. The fourth-order valence-corrected chi connectivity index (χ4v) is 0.325. The minimum atomic E-state index is 0.836. The van der Waals surface area contributed by atoms with Crippen LogP contribution in [0.15, 0.2) is 24.8 Å². The Kier molecular flexibility index (Phi) is 5.92. The van der Waals surface area contributed by atoms with E-state index in [1.54, 1.807) is 6.08 Å². The van der Waals surface area contributed by atoms with E-state index < -0.39 is 0 Å². The van der Waals surface area contributed by atoms with E-state index in [-0.39, 0.29) is 0 Å². The molecule has 0 aliphatic rings. The van der Waals surface area contributed by atoms with Crippen molar-refractivity contribution in [1.29, 1.82) is 0 Å². The molecule has 0 spiro atoms.